The van der Waals surface area contributed by atoms with E-state index < -0.39 is 4.92 Å². The molecule has 0 aliphatic heterocycles. The van der Waals surface area contributed by atoms with Crippen molar-refractivity contribution in [3.05, 3.63) is 58.6 Å². The Balaban J connectivity index is 0.000000162. The summed E-state index contributed by atoms with van der Waals surface area (Å²) in [5.41, 5.74) is 19.6. The second-order valence-electron chi connectivity index (χ2n) is 5.42. The summed E-state index contributed by atoms with van der Waals surface area (Å²) in [6.45, 7) is 0. The van der Waals surface area contributed by atoms with Crippen LogP contribution in [0.3, 0.4) is 0 Å². The van der Waals surface area contributed by atoms with Gasteiger partial charge in [-0.1, -0.05) is 12.1 Å². The summed E-state index contributed by atoms with van der Waals surface area (Å²) >= 11 is 0. The van der Waals surface area contributed by atoms with Gasteiger partial charge >= 0.3 is 0 Å². The Morgan fingerprint density at radius 1 is 0.714 bits per heavy atom. The van der Waals surface area contributed by atoms with E-state index in [1.54, 1.807) is 12.1 Å². The van der Waals surface area contributed by atoms with E-state index >= 15 is 0 Å². The zero-order valence-electron chi connectivity index (χ0n) is 14.2. The number of nitrogens with two attached hydrogens (primary N) is 3. The molecule has 0 saturated carbocycles. The summed E-state index contributed by atoms with van der Waals surface area (Å²) in [5, 5.41) is 24.5. The first-order valence-electron chi connectivity index (χ1n) is 7.72. The van der Waals surface area contributed by atoms with Crippen molar-refractivity contribution in [2.24, 2.45) is 0 Å². The molecule has 28 heavy (non-hydrogen) atoms. The Morgan fingerprint density at radius 2 is 1.14 bits per heavy atom. The number of anilines is 3. The molecule has 4 rings (SSSR count). The first kappa shape index (κ1) is 18.3. The number of hydrogen-bond acceptors (Lipinski definition) is 11. The van der Waals surface area contributed by atoms with Gasteiger partial charge in [0.15, 0.2) is 23.0 Å². The molecular formula is C16H14N8O4. The van der Waals surface area contributed by atoms with E-state index in [0.717, 1.165) is 5.56 Å². The van der Waals surface area contributed by atoms with Crippen molar-refractivity contribution >= 4 is 23.0 Å². The lowest BCUT2D eigenvalue weighted by molar-refractivity contribution is -0.384. The summed E-state index contributed by atoms with van der Waals surface area (Å²) in [5.74, 6) is 0.439. The van der Waals surface area contributed by atoms with Crippen LogP contribution >= 0.6 is 0 Å². The Hall–Kier alpha value is -4.48. The summed E-state index contributed by atoms with van der Waals surface area (Å²) < 4.78 is 8.89. The van der Waals surface area contributed by atoms with Gasteiger partial charge in [0, 0.05) is 28.9 Å². The van der Waals surface area contributed by atoms with Gasteiger partial charge in [0.05, 0.1) is 4.92 Å². The van der Waals surface area contributed by atoms with E-state index in [9.17, 15) is 10.1 Å². The largest absolute Gasteiger partial charge is 0.399 e. The molecule has 0 aliphatic carbocycles. The lowest BCUT2D eigenvalue weighted by Crippen LogP contribution is -1.90. The number of nitrogens with zero attached hydrogens (tertiary/aromatic N) is 5. The van der Waals surface area contributed by atoms with Crippen molar-refractivity contribution in [2.45, 2.75) is 0 Å². The minimum atomic E-state index is -0.478. The first-order valence-corrected chi connectivity index (χ1v) is 7.72. The van der Waals surface area contributed by atoms with Crippen LogP contribution in [0.4, 0.5) is 23.0 Å². The highest BCUT2D eigenvalue weighted by Gasteiger charge is 2.11. The van der Waals surface area contributed by atoms with Crippen molar-refractivity contribution in [2.75, 3.05) is 17.2 Å². The molecule has 0 fully saturated rings. The number of rotatable bonds is 3. The van der Waals surface area contributed by atoms with E-state index in [-0.39, 0.29) is 17.3 Å². The lowest BCUT2D eigenvalue weighted by atomic mass is 10.1. The van der Waals surface area contributed by atoms with Gasteiger partial charge in [0.25, 0.3) is 5.69 Å². The quantitative estimate of drug-likeness (QED) is 0.266. The number of hydrogen-bond donors (Lipinski definition) is 3. The summed E-state index contributed by atoms with van der Waals surface area (Å²) in [6, 6.07) is 13.0. The standard InChI is InChI=1S/C8H6N4O3.C8H8N4O/c9-8-7(10-15-11-8)5-1-3-6(4-2-5)12(13)14;9-6-3-1-5(2-4-6)7-8(10)12-13-11-7/h1-4H,(H2,9,11);1-4H,9H2,(H2,10,12). The van der Waals surface area contributed by atoms with Gasteiger partial charge < -0.3 is 17.2 Å². The number of nitrogen functional groups attached to an aromatic ring is 3. The van der Waals surface area contributed by atoms with Crippen LogP contribution < -0.4 is 17.2 Å². The minimum Gasteiger partial charge on any atom is -0.399 e. The minimum absolute atomic E-state index is 0.00813. The van der Waals surface area contributed by atoms with Crippen molar-refractivity contribution in [1.82, 2.24) is 20.6 Å². The van der Waals surface area contributed by atoms with E-state index in [1.807, 2.05) is 12.1 Å². The van der Waals surface area contributed by atoms with E-state index in [0.29, 0.717) is 22.6 Å². The van der Waals surface area contributed by atoms with Gasteiger partial charge in [-0.2, -0.15) is 0 Å². The molecule has 12 heteroatoms. The van der Waals surface area contributed by atoms with Crippen LogP contribution in [0.2, 0.25) is 0 Å². The molecule has 0 radical (unpaired) electrons. The van der Waals surface area contributed by atoms with Crippen LogP contribution in [-0.4, -0.2) is 25.5 Å². The Kier molecular flexibility index (Phi) is 5.12. The lowest BCUT2D eigenvalue weighted by Gasteiger charge is -1.96. The molecule has 0 atom stereocenters. The normalized spacial score (nSPS) is 10.1. The average Bonchev–Trinajstić information content (AvgIpc) is 3.31. The molecule has 0 unspecified atom stereocenters. The maximum absolute atomic E-state index is 10.4. The molecule has 0 spiro atoms. The van der Waals surface area contributed by atoms with Crippen molar-refractivity contribution in [3.63, 3.8) is 0 Å². The van der Waals surface area contributed by atoms with Crippen LogP contribution in [-0.2, 0) is 0 Å². The number of non-ortho nitro benzene ring substituents is 1. The number of benzene rings is 2. The van der Waals surface area contributed by atoms with Gasteiger partial charge in [0.2, 0.25) is 0 Å². The molecule has 142 valence electrons. The Labute approximate surface area is 157 Å². The van der Waals surface area contributed by atoms with Crippen LogP contribution in [0.1, 0.15) is 0 Å². The molecule has 2 aromatic carbocycles. The molecule has 0 amide bonds. The summed E-state index contributed by atoms with van der Waals surface area (Å²) in [6.07, 6.45) is 0. The number of aromatic nitrogens is 4. The second kappa shape index (κ2) is 7.82. The van der Waals surface area contributed by atoms with Crippen LogP contribution in [0.25, 0.3) is 22.5 Å². The van der Waals surface area contributed by atoms with Gasteiger partial charge in [-0.25, -0.2) is 9.26 Å². The molecule has 6 N–H and O–H groups in total. The predicted octanol–water partition coefficient (Wildman–Crippen LogP) is 2.13. The van der Waals surface area contributed by atoms with Gasteiger partial charge in [-0.15, -0.1) is 0 Å². The van der Waals surface area contributed by atoms with Crippen molar-refractivity contribution in [3.8, 4) is 22.5 Å². The fourth-order valence-electron chi connectivity index (χ4n) is 2.17. The first-order chi connectivity index (χ1) is 13.5. The third kappa shape index (κ3) is 4.01. The molecule has 2 heterocycles. The van der Waals surface area contributed by atoms with Gasteiger partial charge in [0.1, 0.15) is 0 Å². The van der Waals surface area contributed by atoms with Gasteiger partial charge in [-0.05, 0) is 44.9 Å². The third-order valence-electron chi connectivity index (χ3n) is 3.56. The highest BCUT2D eigenvalue weighted by atomic mass is 16.6. The molecule has 2 aromatic heterocycles. The summed E-state index contributed by atoms with van der Waals surface area (Å²) in [4.78, 5) is 9.92. The van der Waals surface area contributed by atoms with E-state index in [4.69, 9.17) is 17.2 Å². The van der Waals surface area contributed by atoms with Crippen molar-refractivity contribution < 1.29 is 14.2 Å². The second-order valence-corrected chi connectivity index (χ2v) is 5.42. The zero-order valence-corrected chi connectivity index (χ0v) is 14.2. The maximum atomic E-state index is 10.4. The Bertz CT molecular complexity index is 1070. The topological polar surface area (TPSA) is 199 Å². The monoisotopic (exact) mass is 382 g/mol. The van der Waals surface area contributed by atoms with Crippen LogP contribution in [0, 0.1) is 10.1 Å². The highest BCUT2D eigenvalue weighted by molar-refractivity contribution is 5.70. The third-order valence-corrected chi connectivity index (χ3v) is 3.56. The van der Waals surface area contributed by atoms with E-state index in [2.05, 4.69) is 29.9 Å². The highest BCUT2D eigenvalue weighted by Crippen LogP contribution is 2.24. The molecule has 0 bridgehead atoms. The van der Waals surface area contributed by atoms with E-state index in [1.165, 1.54) is 24.3 Å². The zero-order chi connectivity index (χ0) is 20.1. The fourth-order valence-corrected chi connectivity index (χ4v) is 2.17. The van der Waals surface area contributed by atoms with Gasteiger partial charge in [-0.3, -0.25) is 10.1 Å². The summed E-state index contributed by atoms with van der Waals surface area (Å²) in [7, 11) is 0. The number of nitro groups is 1. The fraction of sp³-hybridized carbons (Fsp3) is 0. The Morgan fingerprint density at radius 3 is 1.50 bits per heavy atom. The van der Waals surface area contributed by atoms with Crippen molar-refractivity contribution in [1.29, 1.82) is 0 Å². The molecule has 0 aliphatic rings. The molecule has 4 aromatic rings. The predicted molar refractivity (Wildman–Crippen MR) is 99.4 cm³/mol. The maximum Gasteiger partial charge on any atom is 0.269 e. The number of nitro benzene ring substituents is 1. The SMILES string of the molecule is Nc1ccc(-c2nonc2N)cc1.Nc1nonc1-c1ccc([N+](=O)[O-])cc1. The van der Waals surface area contributed by atoms with Crippen LogP contribution in [0.5, 0.6) is 0 Å². The molecular weight excluding hydrogens is 368 g/mol. The molecule has 12 nitrogen and oxygen atoms in total. The smallest absolute Gasteiger partial charge is 0.269 e. The van der Waals surface area contributed by atoms with Crippen LogP contribution in [0.15, 0.2) is 57.8 Å². The average molecular weight is 382 g/mol. The molecule has 0 saturated heterocycles.